The minimum atomic E-state index is -0.370. The first-order valence-corrected chi connectivity index (χ1v) is 6.91. The van der Waals surface area contributed by atoms with Crippen LogP contribution < -0.4 is 16.0 Å². The Bertz CT molecular complexity index is 330. The van der Waals surface area contributed by atoms with Crippen LogP contribution in [-0.2, 0) is 9.59 Å². The van der Waals surface area contributed by atoms with Crippen molar-refractivity contribution in [2.24, 2.45) is 5.41 Å². The van der Waals surface area contributed by atoms with Crippen LogP contribution in [0.5, 0.6) is 0 Å². The minimum Gasteiger partial charge on any atom is -0.354 e. The lowest BCUT2D eigenvalue weighted by molar-refractivity contribution is -0.135. The van der Waals surface area contributed by atoms with E-state index in [4.69, 9.17) is 0 Å². The van der Waals surface area contributed by atoms with E-state index in [-0.39, 0.29) is 35.7 Å². The zero-order valence-corrected chi connectivity index (χ0v) is 12.3. The molecule has 2 aliphatic heterocycles. The zero-order valence-electron chi connectivity index (χ0n) is 11.5. The summed E-state index contributed by atoms with van der Waals surface area (Å²) in [6.45, 7) is 4.38. The van der Waals surface area contributed by atoms with Crippen LogP contribution in [0.2, 0.25) is 0 Å². The fourth-order valence-corrected chi connectivity index (χ4v) is 2.66. The average Bonchev–Trinajstić information content (AvgIpc) is 2.56. The molecule has 3 N–H and O–H groups in total. The molecule has 110 valence electrons. The zero-order chi connectivity index (χ0) is 13.0. The Morgan fingerprint density at radius 1 is 1.32 bits per heavy atom. The van der Waals surface area contributed by atoms with E-state index in [2.05, 4.69) is 16.0 Å². The Morgan fingerprint density at radius 3 is 2.79 bits per heavy atom. The molecule has 2 heterocycles. The number of carbonyl (C=O) groups excluding carboxylic acids is 2. The second-order valence-electron chi connectivity index (χ2n) is 5.65. The second-order valence-corrected chi connectivity index (χ2v) is 5.65. The van der Waals surface area contributed by atoms with E-state index in [9.17, 15) is 9.59 Å². The third-order valence-corrected chi connectivity index (χ3v) is 3.99. The van der Waals surface area contributed by atoms with Crippen LogP contribution in [-0.4, -0.2) is 37.5 Å². The molecule has 0 saturated carbocycles. The Morgan fingerprint density at radius 2 is 2.11 bits per heavy atom. The van der Waals surface area contributed by atoms with Crippen LogP contribution in [0.4, 0.5) is 0 Å². The molecule has 0 spiro atoms. The van der Waals surface area contributed by atoms with Crippen molar-refractivity contribution >= 4 is 24.2 Å². The first kappa shape index (κ1) is 16.2. The maximum absolute atomic E-state index is 12.3. The third-order valence-electron chi connectivity index (χ3n) is 3.99. The van der Waals surface area contributed by atoms with Crippen LogP contribution in [0.3, 0.4) is 0 Å². The third kappa shape index (κ3) is 4.08. The van der Waals surface area contributed by atoms with Crippen molar-refractivity contribution in [1.82, 2.24) is 16.0 Å². The number of carbonyl (C=O) groups is 2. The smallest absolute Gasteiger partial charge is 0.242 e. The van der Waals surface area contributed by atoms with Gasteiger partial charge in [0.1, 0.15) is 6.04 Å². The van der Waals surface area contributed by atoms with Crippen molar-refractivity contribution in [1.29, 1.82) is 0 Å². The first-order chi connectivity index (χ1) is 8.62. The summed E-state index contributed by atoms with van der Waals surface area (Å²) in [5.41, 5.74) is -0.370. The topological polar surface area (TPSA) is 70.2 Å². The van der Waals surface area contributed by atoms with E-state index in [0.717, 1.165) is 45.2 Å². The summed E-state index contributed by atoms with van der Waals surface area (Å²) >= 11 is 0. The van der Waals surface area contributed by atoms with Crippen molar-refractivity contribution in [3.05, 3.63) is 0 Å². The van der Waals surface area contributed by atoms with Gasteiger partial charge in [-0.2, -0.15) is 0 Å². The molecular formula is C13H24ClN3O2. The van der Waals surface area contributed by atoms with Gasteiger partial charge in [-0.15, -0.1) is 12.4 Å². The highest BCUT2D eigenvalue weighted by atomic mass is 35.5. The molecule has 2 saturated heterocycles. The fourth-order valence-electron chi connectivity index (χ4n) is 2.66. The first-order valence-electron chi connectivity index (χ1n) is 6.91. The Balaban J connectivity index is 0.00000180. The van der Waals surface area contributed by atoms with Crippen LogP contribution in [0.15, 0.2) is 0 Å². The van der Waals surface area contributed by atoms with Crippen LogP contribution in [0.25, 0.3) is 0 Å². The SMILES string of the molecule is CC1(C(=O)NC2CCCCNC2=O)CCCNC1.Cl. The molecule has 0 aromatic rings. The molecule has 6 heteroatoms. The van der Waals surface area contributed by atoms with Crippen molar-refractivity contribution in [3.8, 4) is 0 Å². The number of rotatable bonds is 2. The van der Waals surface area contributed by atoms with Crippen molar-refractivity contribution in [2.75, 3.05) is 19.6 Å². The van der Waals surface area contributed by atoms with E-state index in [1.807, 2.05) is 6.92 Å². The molecule has 0 aromatic heterocycles. The standard InChI is InChI=1S/C13H23N3O2.ClH/c1-13(6-4-7-14-9-13)12(18)16-10-5-2-3-8-15-11(10)17;/h10,14H,2-9H2,1H3,(H,15,17)(H,16,18);1H. The van der Waals surface area contributed by atoms with E-state index in [0.29, 0.717) is 6.54 Å². The van der Waals surface area contributed by atoms with E-state index in [1.165, 1.54) is 0 Å². The molecule has 0 radical (unpaired) electrons. The number of piperidine rings is 1. The van der Waals surface area contributed by atoms with E-state index < -0.39 is 0 Å². The lowest BCUT2D eigenvalue weighted by Crippen LogP contribution is -2.54. The monoisotopic (exact) mass is 289 g/mol. The molecule has 2 aliphatic rings. The van der Waals surface area contributed by atoms with Crippen molar-refractivity contribution < 1.29 is 9.59 Å². The lowest BCUT2D eigenvalue weighted by Gasteiger charge is -2.33. The van der Waals surface area contributed by atoms with E-state index in [1.54, 1.807) is 0 Å². The normalized spacial score (nSPS) is 31.6. The van der Waals surface area contributed by atoms with Gasteiger partial charge >= 0.3 is 0 Å². The van der Waals surface area contributed by atoms with Gasteiger partial charge in [-0.1, -0.05) is 0 Å². The van der Waals surface area contributed by atoms with E-state index >= 15 is 0 Å². The number of hydrogen-bond acceptors (Lipinski definition) is 3. The molecule has 19 heavy (non-hydrogen) atoms. The van der Waals surface area contributed by atoms with Gasteiger partial charge in [-0.3, -0.25) is 9.59 Å². The quantitative estimate of drug-likeness (QED) is 0.697. The predicted molar refractivity (Wildman–Crippen MR) is 76.3 cm³/mol. The highest BCUT2D eigenvalue weighted by Gasteiger charge is 2.36. The molecule has 2 unspecified atom stereocenters. The maximum atomic E-state index is 12.3. The van der Waals surface area contributed by atoms with Gasteiger partial charge in [-0.05, 0) is 45.6 Å². The second kappa shape index (κ2) is 7.10. The highest BCUT2D eigenvalue weighted by Crippen LogP contribution is 2.25. The molecular weight excluding hydrogens is 266 g/mol. The molecule has 0 aromatic carbocycles. The predicted octanol–water partition coefficient (Wildman–Crippen LogP) is 0.583. The van der Waals surface area contributed by atoms with Crippen LogP contribution in [0, 0.1) is 5.41 Å². The van der Waals surface area contributed by atoms with Crippen molar-refractivity contribution in [2.45, 2.75) is 45.1 Å². The Labute approximate surface area is 120 Å². The summed E-state index contributed by atoms with van der Waals surface area (Å²) in [5.74, 6) is -0.0232. The summed E-state index contributed by atoms with van der Waals surface area (Å²) in [7, 11) is 0. The number of amides is 2. The summed E-state index contributed by atoms with van der Waals surface area (Å²) < 4.78 is 0. The molecule has 2 amide bonds. The van der Waals surface area contributed by atoms with Gasteiger partial charge in [0.25, 0.3) is 0 Å². The van der Waals surface area contributed by atoms with Crippen LogP contribution in [0.1, 0.15) is 39.0 Å². The Kier molecular flexibility index (Phi) is 6.07. The minimum absolute atomic E-state index is 0. The largest absolute Gasteiger partial charge is 0.354 e. The molecule has 2 rings (SSSR count). The van der Waals surface area contributed by atoms with Gasteiger partial charge in [0.05, 0.1) is 5.41 Å². The maximum Gasteiger partial charge on any atom is 0.242 e. The number of nitrogens with one attached hydrogen (secondary N) is 3. The molecule has 2 fully saturated rings. The molecule has 0 aliphatic carbocycles. The fraction of sp³-hybridized carbons (Fsp3) is 0.846. The Hall–Kier alpha value is -0.810. The lowest BCUT2D eigenvalue weighted by atomic mass is 9.81. The molecule has 2 atom stereocenters. The van der Waals surface area contributed by atoms with Gasteiger partial charge < -0.3 is 16.0 Å². The highest BCUT2D eigenvalue weighted by molar-refractivity contribution is 5.90. The molecule has 5 nitrogen and oxygen atoms in total. The summed E-state index contributed by atoms with van der Waals surface area (Å²) in [6, 6.07) is -0.348. The molecule has 0 bridgehead atoms. The average molecular weight is 290 g/mol. The van der Waals surface area contributed by atoms with Gasteiger partial charge in [0.15, 0.2) is 0 Å². The number of hydrogen-bond donors (Lipinski definition) is 3. The summed E-state index contributed by atoms with van der Waals surface area (Å²) in [5, 5.41) is 9.03. The van der Waals surface area contributed by atoms with Gasteiger partial charge in [0.2, 0.25) is 11.8 Å². The van der Waals surface area contributed by atoms with Crippen LogP contribution >= 0.6 is 12.4 Å². The summed E-state index contributed by atoms with van der Waals surface area (Å²) in [6.07, 6.45) is 4.64. The van der Waals surface area contributed by atoms with Crippen molar-refractivity contribution in [3.63, 3.8) is 0 Å². The van der Waals surface area contributed by atoms with Gasteiger partial charge in [0, 0.05) is 13.1 Å². The van der Waals surface area contributed by atoms with Gasteiger partial charge in [-0.25, -0.2) is 0 Å². The number of halogens is 1. The summed E-state index contributed by atoms with van der Waals surface area (Å²) in [4.78, 5) is 24.1.